The van der Waals surface area contributed by atoms with Crippen molar-refractivity contribution < 1.29 is 0 Å². The Labute approximate surface area is 102 Å². The Hall–Kier alpha value is -0.450. The van der Waals surface area contributed by atoms with Crippen LogP contribution in [-0.2, 0) is 6.54 Å². The van der Waals surface area contributed by atoms with Crippen molar-refractivity contribution in [2.24, 2.45) is 5.73 Å². The average Bonchev–Trinajstić information content (AvgIpc) is 2.70. The summed E-state index contributed by atoms with van der Waals surface area (Å²) in [6.07, 6.45) is 4.03. The predicted molar refractivity (Wildman–Crippen MR) is 68.4 cm³/mol. The first-order chi connectivity index (χ1) is 7.66. The van der Waals surface area contributed by atoms with Crippen molar-refractivity contribution in [1.29, 1.82) is 0 Å². The summed E-state index contributed by atoms with van der Waals surface area (Å²) in [6, 6.07) is 0.764. The van der Waals surface area contributed by atoms with Crippen LogP contribution >= 0.6 is 11.3 Å². The number of hydrogen-bond donors (Lipinski definition) is 1. The number of hydrogen-bond acceptors (Lipinski definition) is 4. The smallest absolute Gasteiger partial charge is 0.107 e. The van der Waals surface area contributed by atoms with Gasteiger partial charge >= 0.3 is 0 Å². The van der Waals surface area contributed by atoms with Crippen molar-refractivity contribution >= 4 is 11.3 Å². The molecule has 0 aromatic carbocycles. The second-order valence-electron chi connectivity index (χ2n) is 4.77. The highest BCUT2D eigenvalue weighted by molar-refractivity contribution is 7.09. The van der Waals surface area contributed by atoms with Crippen molar-refractivity contribution in [3.63, 3.8) is 0 Å². The summed E-state index contributed by atoms with van der Waals surface area (Å²) in [4.78, 5) is 7.13. The normalized spacial score (nSPS) is 24.6. The highest BCUT2D eigenvalue weighted by Gasteiger charge is 2.19. The number of nitrogens with zero attached hydrogens (tertiary/aromatic N) is 2. The average molecular weight is 239 g/mol. The molecule has 1 aromatic rings. The minimum atomic E-state index is 0.0591. The molecule has 2 N–H and O–H groups in total. The molecule has 2 rings (SSSR count). The number of thiazole rings is 1. The molecule has 0 bridgehead atoms. The summed E-state index contributed by atoms with van der Waals surface area (Å²) >= 11 is 1.74. The minimum Gasteiger partial charge on any atom is -0.323 e. The molecule has 1 aromatic heterocycles. The van der Waals surface area contributed by atoms with Gasteiger partial charge < -0.3 is 5.73 Å². The SMILES string of the molecule is CC(N)c1csc(CN2CCCCC2C)n1. The molecule has 4 heteroatoms. The second kappa shape index (κ2) is 5.25. The summed E-state index contributed by atoms with van der Waals surface area (Å²) in [5, 5.41) is 3.30. The van der Waals surface area contributed by atoms with Gasteiger partial charge in [0.2, 0.25) is 0 Å². The Bertz CT molecular complexity index is 335. The fourth-order valence-electron chi connectivity index (χ4n) is 2.17. The summed E-state index contributed by atoms with van der Waals surface area (Å²) < 4.78 is 0. The van der Waals surface area contributed by atoms with E-state index < -0.39 is 0 Å². The number of piperidine rings is 1. The van der Waals surface area contributed by atoms with Crippen molar-refractivity contribution in [3.8, 4) is 0 Å². The molecule has 0 spiro atoms. The summed E-state index contributed by atoms with van der Waals surface area (Å²) in [5.41, 5.74) is 6.85. The van der Waals surface area contributed by atoms with Crippen LogP contribution in [-0.4, -0.2) is 22.5 Å². The van der Waals surface area contributed by atoms with Crippen molar-refractivity contribution in [2.75, 3.05) is 6.54 Å². The molecule has 2 unspecified atom stereocenters. The number of nitrogens with two attached hydrogens (primary N) is 1. The molecule has 1 aliphatic rings. The summed E-state index contributed by atoms with van der Waals surface area (Å²) in [5.74, 6) is 0. The van der Waals surface area contributed by atoms with Crippen LogP contribution in [0.4, 0.5) is 0 Å². The zero-order valence-electron chi connectivity index (χ0n) is 10.1. The van der Waals surface area contributed by atoms with Gasteiger partial charge in [-0.1, -0.05) is 6.42 Å². The Morgan fingerprint density at radius 2 is 2.44 bits per heavy atom. The van der Waals surface area contributed by atoms with Crippen LogP contribution in [0.1, 0.15) is 49.9 Å². The Morgan fingerprint density at radius 3 is 3.06 bits per heavy atom. The van der Waals surface area contributed by atoms with Gasteiger partial charge in [0.05, 0.1) is 12.2 Å². The third-order valence-corrected chi connectivity index (χ3v) is 4.17. The van der Waals surface area contributed by atoms with Gasteiger partial charge in [0.1, 0.15) is 5.01 Å². The minimum absolute atomic E-state index is 0.0591. The Kier molecular flexibility index (Phi) is 3.95. The van der Waals surface area contributed by atoms with Gasteiger partial charge in [0, 0.05) is 17.5 Å². The fourth-order valence-corrected chi connectivity index (χ4v) is 3.10. The monoisotopic (exact) mass is 239 g/mol. The lowest BCUT2D eigenvalue weighted by Crippen LogP contribution is -2.36. The van der Waals surface area contributed by atoms with E-state index in [9.17, 15) is 0 Å². The molecule has 0 amide bonds. The van der Waals surface area contributed by atoms with Crippen molar-refractivity contribution in [1.82, 2.24) is 9.88 Å². The first-order valence-electron chi connectivity index (χ1n) is 6.10. The number of likely N-dealkylation sites (tertiary alicyclic amines) is 1. The molecular weight excluding hydrogens is 218 g/mol. The molecular formula is C12H21N3S. The van der Waals surface area contributed by atoms with Gasteiger partial charge in [0.15, 0.2) is 0 Å². The van der Waals surface area contributed by atoms with E-state index in [1.165, 1.54) is 30.8 Å². The van der Waals surface area contributed by atoms with Gasteiger partial charge in [-0.05, 0) is 33.2 Å². The van der Waals surface area contributed by atoms with Gasteiger partial charge in [-0.3, -0.25) is 4.90 Å². The van der Waals surface area contributed by atoms with E-state index in [1.807, 2.05) is 6.92 Å². The Balaban J connectivity index is 1.97. The lowest BCUT2D eigenvalue weighted by molar-refractivity contribution is 0.152. The first-order valence-corrected chi connectivity index (χ1v) is 6.98. The largest absolute Gasteiger partial charge is 0.323 e. The summed E-state index contributed by atoms with van der Waals surface area (Å²) in [7, 11) is 0. The molecule has 0 aliphatic carbocycles. The predicted octanol–water partition coefficient (Wildman–Crippen LogP) is 2.54. The maximum Gasteiger partial charge on any atom is 0.107 e. The van der Waals surface area contributed by atoms with Crippen LogP contribution < -0.4 is 5.73 Å². The topological polar surface area (TPSA) is 42.1 Å². The van der Waals surface area contributed by atoms with Gasteiger partial charge in [-0.25, -0.2) is 4.98 Å². The fraction of sp³-hybridized carbons (Fsp3) is 0.750. The van der Waals surface area contributed by atoms with E-state index in [2.05, 4.69) is 22.2 Å². The van der Waals surface area contributed by atoms with E-state index in [-0.39, 0.29) is 6.04 Å². The number of rotatable bonds is 3. The highest BCUT2D eigenvalue weighted by atomic mass is 32.1. The van der Waals surface area contributed by atoms with Crippen LogP contribution in [0.5, 0.6) is 0 Å². The molecule has 1 fully saturated rings. The van der Waals surface area contributed by atoms with Crippen LogP contribution in [0.25, 0.3) is 0 Å². The molecule has 90 valence electrons. The maximum atomic E-state index is 5.82. The summed E-state index contributed by atoms with van der Waals surface area (Å²) in [6.45, 7) is 6.52. The molecule has 2 heterocycles. The third-order valence-electron chi connectivity index (χ3n) is 3.31. The van der Waals surface area contributed by atoms with E-state index in [0.29, 0.717) is 6.04 Å². The zero-order valence-corrected chi connectivity index (χ0v) is 11.0. The first kappa shape index (κ1) is 12.0. The molecule has 1 saturated heterocycles. The molecule has 0 radical (unpaired) electrons. The molecule has 0 saturated carbocycles. The number of aromatic nitrogens is 1. The standard InChI is InChI=1S/C12H21N3S/c1-9-5-3-4-6-15(9)7-12-14-11(8-16-12)10(2)13/h8-10H,3-7,13H2,1-2H3. The lowest BCUT2D eigenvalue weighted by atomic mass is 10.0. The maximum absolute atomic E-state index is 5.82. The van der Waals surface area contributed by atoms with Crippen LogP contribution in [0.3, 0.4) is 0 Å². The lowest BCUT2D eigenvalue weighted by Gasteiger charge is -2.32. The highest BCUT2D eigenvalue weighted by Crippen LogP contribution is 2.21. The van der Waals surface area contributed by atoms with Gasteiger partial charge in [0.25, 0.3) is 0 Å². The molecule has 16 heavy (non-hydrogen) atoms. The van der Waals surface area contributed by atoms with E-state index >= 15 is 0 Å². The third kappa shape index (κ3) is 2.81. The molecule has 3 nitrogen and oxygen atoms in total. The quantitative estimate of drug-likeness (QED) is 0.881. The second-order valence-corrected chi connectivity index (χ2v) is 5.71. The van der Waals surface area contributed by atoms with Gasteiger partial charge in [-0.15, -0.1) is 11.3 Å². The van der Waals surface area contributed by atoms with Crippen molar-refractivity contribution in [3.05, 3.63) is 16.1 Å². The van der Waals surface area contributed by atoms with E-state index in [4.69, 9.17) is 5.73 Å². The van der Waals surface area contributed by atoms with E-state index in [0.717, 1.165) is 12.2 Å². The molecule has 2 atom stereocenters. The van der Waals surface area contributed by atoms with Crippen LogP contribution in [0, 0.1) is 0 Å². The zero-order chi connectivity index (χ0) is 11.5. The van der Waals surface area contributed by atoms with Gasteiger partial charge in [-0.2, -0.15) is 0 Å². The van der Waals surface area contributed by atoms with Crippen LogP contribution in [0.2, 0.25) is 0 Å². The molecule has 1 aliphatic heterocycles. The van der Waals surface area contributed by atoms with Crippen LogP contribution in [0.15, 0.2) is 5.38 Å². The Morgan fingerprint density at radius 1 is 1.62 bits per heavy atom. The van der Waals surface area contributed by atoms with E-state index in [1.54, 1.807) is 11.3 Å². The van der Waals surface area contributed by atoms with Crippen molar-refractivity contribution in [2.45, 2.75) is 51.7 Å².